The molecular formula is C9H21NO. The summed E-state index contributed by atoms with van der Waals surface area (Å²) in [6.45, 7) is 5.14. The van der Waals surface area contributed by atoms with Crippen LogP contribution in [0, 0.1) is 0 Å². The molecule has 0 aliphatic rings. The van der Waals surface area contributed by atoms with Crippen molar-refractivity contribution < 1.29 is 4.74 Å². The lowest BCUT2D eigenvalue weighted by Crippen LogP contribution is -2.24. The van der Waals surface area contributed by atoms with Crippen molar-refractivity contribution in [2.45, 2.75) is 45.8 Å². The first kappa shape index (κ1) is 10.9. The number of ether oxygens (including phenoxy) is 1. The summed E-state index contributed by atoms with van der Waals surface area (Å²) in [4.78, 5) is 0. The number of hydrogen-bond acceptors (Lipinski definition) is 2. The zero-order valence-corrected chi connectivity index (χ0v) is 8.02. The Morgan fingerprint density at radius 2 is 2.00 bits per heavy atom. The van der Waals surface area contributed by atoms with E-state index in [0.29, 0.717) is 0 Å². The predicted molar refractivity (Wildman–Crippen MR) is 48.6 cm³/mol. The van der Waals surface area contributed by atoms with E-state index in [-0.39, 0.29) is 6.23 Å². The molecule has 68 valence electrons. The van der Waals surface area contributed by atoms with E-state index < -0.39 is 0 Å². The van der Waals surface area contributed by atoms with Crippen LogP contribution in [0.4, 0.5) is 0 Å². The summed E-state index contributed by atoms with van der Waals surface area (Å²) in [5.41, 5.74) is 0. The lowest BCUT2D eigenvalue weighted by atomic mass is 10.2. The molecule has 2 heteroatoms. The number of rotatable bonds is 7. The van der Waals surface area contributed by atoms with E-state index in [4.69, 9.17) is 4.74 Å². The van der Waals surface area contributed by atoms with E-state index in [1.165, 1.54) is 25.7 Å². The number of hydrogen-bond donors (Lipinski definition) is 1. The molecule has 0 spiro atoms. The summed E-state index contributed by atoms with van der Waals surface area (Å²) in [6, 6.07) is 0. The van der Waals surface area contributed by atoms with Gasteiger partial charge in [0.1, 0.15) is 6.23 Å². The second-order valence-corrected chi connectivity index (χ2v) is 2.86. The van der Waals surface area contributed by atoms with Crippen LogP contribution in [0.1, 0.15) is 39.5 Å². The Kier molecular flexibility index (Phi) is 7.96. The Morgan fingerprint density at radius 1 is 1.27 bits per heavy atom. The summed E-state index contributed by atoms with van der Waals surface area (Å²) >= 11 is 0. The van der Waals surface area contributed by atoms with Gasteiger partial charge in [-0.25, -0.2) is 0 Å². The van der Waals surface area contributed by atoms with E-state index >= 15 is 0 Å². The van der Waals surface area contributed by atoms with Gasteiger partial charge in [0, 0.05) is 6.61 Å². The second-order valence-electron chi connectivity index (χ2n) is 2.86. The summed E-state index contributed by atoms with van der Waals surface area (Å²) in [6.07, 6.45) is 5.32. The van der Waals surface area contributed by atoms with Crippen LogP contribution in [0.25, 0.3) is 0 Å². The van der Waals surface area contributed by atoms with E-state index in [0.717, 1.165) is 6.61 Å². The molecule has 2 nitrogen and oxygen atoms in total. The molecule has 1 N–H and O–H groups in total. The third-order valence-electron chi connectivity index (χ3n) is 1.77. The molecule has 0 aliphatic carbocycles. The Labute approximate surface area is 70.3 Å². The summed E-state index contributed by atoms with van der Waals surface area (Å²) in [5, 5.41) is 3.03. The molecule has 11 heavy (non-hydrogen) atoms. The van der Waals surface area contributed by atoms with Crippen molar-refractivity contribution in [1.29, 1.82) is 0 Å². The first-order valence-corrected chi connectivity index (χ1v) is 4.60. The van der Waals surface area contributed by atoms with Crippen molar-refractivity contribution in [3.05, 3.63) is 0 Å². The molecule has 1 atom stereocenters. The van der Waals surface area contributed by atoms with Crippen molar-refractivity contribution in [2.24, 2.45) is 0 Å². The average molecular weight is 159 g/mol. The first-order valence-electron chi connectivity index (χ1n) is 4.60. The minimum absolute atomic E-state index is 0.205. The quantitative estimate of drug-likeness (QED) is 0.454. The lowest BCUT2D eigenvalue weighted by molar-refractivity contribution is 0.0457. The smallest absolute Gasteiger partial charge is 0.105 e. The molecular weight excluding hydrogens is 138 g/mol. The van der Waals surface area contributed by atoms with E-state index in [1.807, 2.05) is 14.0 Å². The van der Waals surface area contributed by atoms with E-state index in [2.05, 4.69) is 12.2 Å². The van der Waals surface area contributed by atoms with Crippen molar-refractivity contribution >= 4 is 0 Å². The van der Waals surface area contributed by atoms with Crippen LogP contribution in [0.5, 0.6) is 0 Å². The lowest BCUT2D eigenvalue weighted by Gasteiger charge is -2.10. The van der Waals surface area contributed by atoms with Crippen LogP contribution in [-0.2, 0) is 4.74 Å². The van der Waals surface area contributed by atoms with Gasteiger partial charge in [0.15, 0.2) is 0 Å². The van der Waals surface area contributed by atoms with Crippen LogP contribution >= 0.6 is 0 Å². The monoisotopic (exact) mass is 159 g/mol. The van der Waals surface area contributed by atoms with Gasteiger partial charge in [0.2, 0.25) is 0 Å². The molecule has 0 aliphatic heterocycles. The molecule has 0 fully saturated rings. The van der Waals surface area contributed by atoms with Crippen molar-refractivity contribution in [3.63, 3.8) is 0 Å². The fourth-order valence-corrected chi connectivity index (χ4v) is 0.872. The number of unbranched alkanes of at least 4 members (excludes halogenated alkanes) is 3. The zero-order valence-electron chi connectivity index (χ0n) is 8.02. The highest BCUT2D eigenvalue weighted by Gasteiger charge is 1.95. The Morgan fingerprint density at radius 3 is 2.55 bits per heavy atom. The molecule has 0 aromatic heterocycles. The highest BCUT2D eigenvalue weighted by atomic mass is 16.5. The van der Waals surface area contributed by atoms with Crippen LogP contribution in [0.15, 0.2) is 0 Å². The SMILES string of the molecule is CCCCCCOC(C)NC. The topological polar surface area (TPSA) is 21.3 Å². The maximum absolute atomic E-state index is 5.43. The summed E-state index contributed by atoms with van der Waals surface area (Å²) in [7, 11) is 1.91. The van der Waals surface area contributed by atoms with Gasteiger partial charge in [-0.1, -0.05) is 26.2 Å². The van der Waals surface area contributed by atoms with Crippen LogP contribution < -0.4 is 5.32 Å². The van der Waals surface area contributed by atoms with Crippen LogP contribution in [-0.4, -0.2) is 19.9 Å². The van der Waals surface area contributed by atoms with Crippen molar-refractivity contribution in [2.75, 3.05) is 13.7 Å². The van der Waals surface area contributed by atoms with Gasteiger partial charge >= 0.3 is 0 Å². The molecule has 1 unspecified atom stereocenters. The molecule has 0 amide bonds. The molecule has 0 rings (SSSR count). The van der Waals surface area contributed by atoms with Crippen molar-refractivity contribution in [3.8, 4) is 0 Å². The fourth-order valence-electron chi connectivity index (χ4n) is 0.872. The predicted octanol–water partition coefficient (Wildman–Crippen LogP) is 2.15. The Hall–Kier alpha value is -0.0800. The van der Waals surface area contributed by atoms with Gasteiger partial charge in [-0.05, 0) is 20.4 Å². The third kappa shape index (κ3) is 7.82. The minimum Gasteiger partial charge on any atom is -0.364 e. The third-order valence-corrected chi connectivity index (χ3v) is 1.77. The highest BCUT2D eigenvalue weighted by molar-refractivity contribution is 4.42. The highest BCUT2D eigenvalue weighted by Crippen LogP contribution is 1.99. The van der Waals surface area contributed by atoms with E-state index in [9.17, 15) is 0 Å². The average Bonchev–Trinajstić information content (AvgIpc) is 2.04. The molecule has 0 bridgehead atoms. The van der Waals surface area contributed by atoms with Gasteiger partial charge in [0.25, 0.3) is 0 Å². The largest absolute Gasteiger partial charge is 0.364 e. The van der Waals surface area contributed by atoms with Gasteiger partial charge in [-0.3, -0.25) is 5.32 Å². The fraction of sp³-hybridized carbons (Fsp3) is 1.00. The number of nitrogens with one attached hydrogen (secondary N) is 1. The molecule has 0 saturated carbocycles. The standard InChI is InChI=1S/C9H21NO/c1-4-5-6-7-8-11-9(2)10-3/h9-10H,4-8H2,1-3H3. The maximum Gasteiger partial charge on any atom is 0.105 e. The Bertz CT molecular complexity index is 76.0. The molecule has 0 heterocycles. The molecule has 0 aromatic carbocycles. The molecule has 0 aromatic rings. The zero-order chi connectivity index (χ0) is 8.53. The molecule has 0 saturated heterocycles. The minimum atomic E-state index is 0.205. The maximum atomic E-state index is 5.43. The Balaban J connectivity index is 2.89. The van der Waals surface area contributed by atoms with Gasteiger partial charge in [-0.2, -0.15) is 0 Å². The van der Waals surface area contributed by atoms with Gasteiger partial charge in [-0.15, -0.1) is 0 Å². The second kappa shape index (κ2) is 8.02. The van der Waals surface area contributed by atoms with Crippen LogP contribution in [0.2, 0.25) is 0 Å². The van der Waals surface area contributed by atoms with Gasteiger partial charge in [0.05, 0.1) is 0 Å². The molecule has 0 radical (unpaired) electrons. The summed E-state index contributed by atoms with van der Waals surface area (Å²) in [5.74, 6) is 0. The normalized spacial score (nSPS) is 13.4. The van der Waals surface area contributed by atoms with Gasteiger partial charge < -0.3 is 4.74 Å². The first-order chi connectivity index (χ1) is 5.31. The van der Waals surface area contributed by atoms with Crippen LogP contribution in [0.3, 0.4) is 0 Å². The summed E-state index contributed by atoms with van der Waals surface area (Å²) < 4.78 is 5.43. The van der Waals surface area contributed by atoms with E-state index in [1.54, 1.807) is 0 Å². The van der Waals surface area contributed by atoms with Crippen molar-refractivity contribution in [1.82, 2.24) is 5.32 Å².